The van der Waals surface area contributed by atoms with Crippen LogP contribution in [0.1, 0.15) is 22.5 Å². The molecule has 0 radical (unpaired) electrons. The highest BCUT2D eigenvalue weighted by Gasteiger charge is 2.31. The van der Waals surface area contributed by atoms with Crippen molar-refractivity contribution in [2.24, 2.45) is 0 Å². The summed E-state index contributed by atoms with van der Waals surface area (Å²) in [6.07, 6.45) is 4.65. The van der Waals surface area contributed by atoms with E-state index in [0.717, 1.165) is 5.56 Å². The highest BCUT2D eigenvalue weighted by atomic mass is 16.5. The number of aryl methyl sites for hydroxylation is 1. The lowest BCUT2D eigenvalue weighted by atomic mass is 10.1. The van der Waals surface area contributed by atoms with Crippen molar-refractivity contribution in [3.05, 3.63) is 42.0 Å². The van der Waals surface area contributed by atoms with E-state index in [1.54, 1.807) is 25.4 Å². The number of hydrogen-bond acceptors (Lipinski definition) is 6. The molecule has 1 aliphatic heterocycles. The molecule has 1 fully saturated rings. The molecule has 3 rings (SSSR count). The van der Waals surface area contributed by atoms with Crippen LogP contribution in [0.15, 0.2) is 30.7 Å². The largest absolute Gasteiger partial charge is 0.481 e. The molecule has 1 unspecified atom stereocenters. The van der Waals surface area contributed by atoms with Crippen LogP contribution in [0, 0.1) is 6.92 Å². The third-order valence-electron chi connectivity index (χ3n) is 4.03. The maximum absolute atomic E-state index is 12.8. The molecule has 1 aliphatic rings. The van der Waals surface area contributed by atoms with Gasteiger partial charge in [-0.2, -0.15) is 0 Å². The fourth-order valence-electron chi connectivity index (χ4n) is 2.76. The summed E-state index contributed by atoms with van der Waals surface area (Å²) in [5.41, 5.74) is 1.67. The zero-order chi connectivity index (χ0) is 17.8. The van der Waals surface area contributed by atoms with Crippen LogP contribution in [0.25, 0.3) is 11.4 Å². The van der Waals surface area contributed by atoms with Crippen LogP contribution in [0.5, 0.6) is 0 Å². The lowest BCUT2D eigenvalue weighted by Crippen LogP contribution is -2.49. The van der Waals surface area contributed by atoms with Crippen molar-refractivity contribution < 1.29 is 19.4 Å². The van der Waals surface area contributed by atoms with Crippen LogP contribution in [0.2, 0.25) is 0 Å². The molecule has 1 atom stereocenters. The number of ether oxygens (including phenoxy) is 1. The summed E-state index contributed by atoms with van der Waals surface area (Å²) in [4.78, 5) is 38.1. The van der Waals surface area contributed by atoms with E-state index in [-0.39, 0.29) is 18.9 Å². The van der Waals surface area contributed by atoms with Gasteiger partial charge in [-0.05, 0) is 19.1 Å². The Kier molecular flexibility index (Phi) is 4.99. The summed E-state index contributed by atoms with van der Waals surface area (Å²) < 4.78 is 5.31. The molecular formula is C17H18N4O4. The molecule has 1 N–H and O–H groups in total. The smallest absolute Gasteiger partial charge is 0.305 e. The minimum absolute atomic E-state index is 0.153. The zero-order valence-electron chi connectivity index (χ0n) is 13.8. The van der Waals surface area contributed by atoms with Crippen molar-refractivity contribution in [2.45, 2.75) is 19.4 Å². The lowest BCUT2D eigenvalue weighted by Gasteiger charge is -2.35. The van der Waals surface area contributed by atoms with Gasteiger partial charge in [0.25, 0.3) is 5.91 Å². The molecule has 0 saturated carbocycles. The fraction of sp³-hybridized carbons (Fsp3) is 0.353. The number of pyridine rings is 1. The Morgan fingerprint density at radius 3 is 2.92 bits per heavy atom. The van der Waals surface area contributed by atoms with E-state index in [1.165, 1.54) is 11.1 Å². The van der Waals surface area contributed by atoms with Crippen molar-refractivity contribution in [3.63, 3.8) is 0 Å². The van der Waals surface area contributed by atoms with Gasteiger partial charge in [-0.3, -0.25) is 14.6 Å². The molecule has 0 bridgehead atoms. The van der Waals surface area contributed by atoms with Crippen molar-refractivity contribution in [1.29, 1.82) is 0 Å². The second-order valence-electron chi connectivity index (χ2n) is 5.76. The number of carbonyl (C=O) groups excluding carboxylic acids is 1. The SMILES string of the molecule is Cc1nc(-c2cccnc2)ncc1C(=O)N1CCOCC1CC(=O)O. The van der Waals surface area contributed by atoms with E-state index >= 15 is 0 Å². The molecule has 3 heterocycles. The van der Waals surface area contributed by atoms with Gasteiger partial charge in [0.1, 0.15) is 0 Å². The van der Waals surface area contributed by atoms with Crippen molar-refractivity contribution in [1.82, 2.24) is 19.9 Å². The minimum Gasteiger partial charge on any atom is -0.481 e. The molecule has 1 amide bonds. The third kappa shape index (κ3) is 3.80. The van der Waals surface area contributed by atoms with Gasteiger partial charge < -0.3 is 14.7 Å². The Bertz CT molecular complexity index is 781. The molecule has 0 aromatic carbocycles. The number of carboxylic acids is 1. The molecule has 8 nitrogen and oxygen atoms in total. The van der Waals surface area contributed by atoms with Gasteiger partial charge in [-0.1, -0.05) is 0 Å². The molecule has 2 aromatic rings. The topological polar surface area (TPSA) is 106 Å². The van der Waals surface area contributed by atoms with Gasteiger partial charge in [0.05, 0.1) is 36.9 Å². The first kappa shape index (κ1) is 17.0. The monoisotopic (exact) mass is 342 g/mol. The number of carboxylic acid groups (broad SMARTS) is 1. The highest BCUT2D eigenvalue weighted by Crippen LogP contribution is 2.19. The molecule has 1 saturated heterocycles. The zero-order valence-corrected chi connectivity index (χ0v) is 13.8. The van der Waals surface area contributed by atoms with E-state index in [2.05, 4.69) is 15.0 Å². The molecule has 0 aliphatic carbocycles. The average Bonchev–Trinajstić information content (AvgIpc) is 2.62. The number of rotatable bonds is 4. The number of aromatic nitrogens is 3. The summed E-state index contributed by atoms with van der Waals surface area (Å²) in [5, 5.41) is 9.03. The fourth-order valence-corrected chi connectivity index (χ4v) is 2.76. The third-order valence-corrected chi connectivity index (χ3v) is 4.03. The van der Waals surface area contributed by atoms with E-state index in [9.17, 15) is 9.59 Å². The van der Waals surface area contributed by atoms with E-state index < -0.39 is 12.0 Å². The van der Waals surface area contributed by atoms with Crippen LogP contribution < -0.4 is 0 Å². The van der Waals surface area contributed by atoms with Gasteiger partial charge >= 0.3 is 5.97 Å². The Labute approximate surface area is 144 Å². The summed E-state index contributed by atoms with van der Waals surface area (Å²) >= 11 is 0. The Balaban J connectivity index is 1.85. The highest BCUT2D eigenvalue weighted by molar-refractivity contribution is 5.95. The Hall–Kier alpha value is -2.87. The molecule has 2 aromatic heterocycles. The van der Waals surface area contributed by atoms with Crippen molar-refractivity contribution in [3.8, 4) is 11.4 Å². The maximum Gasteiger partial charge on any atom is 0.305 e. The van der Waals surface area contributed by atoms with Crippen molar-refractivity contribution >= 4 is 11.9 Å². The predicted octanol–water partition coefficient (Wildman–Crippen LogP) is 1.16. The summed E-state index contributed by atoms with van der Waals surface area (Å²) in [6.45, 7) is 2.68. The lowest BCUT2D eigenvalue weighted by molar-refractivity contribution is -0.139. The van der Waals surface area contributed by atoms with Crippen LogP contribution >= 0.6 is 0 Å². The minimum atomic E-state index is -0.965. The van der Waals surface area contributed by atoms with Gasteiger partial charge in [0, 0.05) is 30.7 Å². The Morgan fingerprint density at radius 1 is 1.40 bits per heavy atom. The van der Waals surface area contributed by atoms with Crippen LogP contribution in [0.4, 0.5) is 0 Å². The predicted molar refractivity (Wildman–Crippen MR) is 87.9 cm³/mol. The van der Waals surface area contributed by atoms with Gasteiger partial charge in [0.15, 0.2) is 5.82 Å². The second-order valence-corrected chi connectivity index (χ2v) is 5.76. The maximum atomic E-state index is 12.8. The Morgan fingerprint density at radius 2 is 2.24 bits per heavy atom. The first-order valence-electron chi connectivity index (χ1n) is 7.91. The van der Waals surface area contributed by atoms with Gasteiger partial charge in [0.2, 0.25) is 0 Å². The van der Waals surface area contributed by atoms with Crippen LogP contribution in [0.3, 0.4) is 0 Å². The molecular weight excluding hydrogens is 324 g/mol. The van der Waals surface area contributed by atoms with E-state index in [1.807, 2.05) is 6.07 Å². The molecule has 25 heavy (non-hydrogen) atoms. The number of hydrogen-bond donors (Lipinski definition) is 1. The van der Waals surface area contributed by atoms with Gasteiger partial charge in [-0.15, -0.1) is 0 Å². The number of amides is 1. The molecule has 8 heteroatoms. The summed E-state index contributed by atoms with van der Waals surface area (Å²) in [6, 6.07) is 3.14. The standard InChI is InChI=1S/C17H18N4O4/c1-11-14(9-19-16(20-11)12-3-2-4-18-8-12)17(24)21-5-6-25-10-13(21)7-15(22)23/h2-4,8-9,13H,5-7,10H2,1H3,(H,22,23). The first-order valence-corrected chi connectivity index (χ1v) is 7.91. The number of morpholine rings is 1. The van der Waals surface area contributed by atoms with Crippen LogP contribution in [-0.4, -0.2) is 62.6 Å². The molecule has 130 valence electrons. The average molecular weight is 342 g/mol. The second kappa shape index (κ2) is 7.35. The van der Waals surface area contributed by atoms with Crippen LogP contribution in [-0.2, 0) is 9.53 Å². The van der Waals surface area contributed by atoms with Gasteiger partial charge in [-0.25, -0.2) is 9.97 Å². The normalized spacial score (nSPS) is 17.3. The summed E-state index contributed by atoms with van der Waals surface area (Å²) in [5.74, 6) is -0.746. The first-order chi connectivity index (χ1) is 12.1. The summed E-state index contributed by atoms with van der Waals surface area (Å²) in [7, 11) is 0. The van der Waals surface area contributed by atoms with Crippen molar-refractivity contribution in [2.75, 3.05) is 19.8 Å². The number of carbonyl (C=O) groups is 2. The van der Waals surface area contributed by atoms with E-state index in [4.69, 9.17) is 9.84 Å². The number of aliphatic carboxylic acids is 1. The number of nitrogens with zero attached hydrogens (tertiary/aromatic N) is 4. The molecule has 0 spiro atoms. The van der Waals surface area contributed by atoms with E-state index in [0.29, 0.717) is 30.2 Å². The quantitative estimate of drug-likeness (QED) is 0.889.